The second-order valence-corrected chi connectivity index (χ2v) is 3.74. The van der Waals surface area contributed by atoms with Gasteiger partial charge in [0.1, 0.15) is 5.82 Å². The first-order valence-corrected chi connectivity index (χ1v) is 5.62. The topological polar surface area (TPSA) is 60.9 Å². The second-order valence-electron chi connectivity index (χ2n) is 3.74. The van der Waals surface area contributed by atoms with Gasteiger partial charge in [0.25, 0.3) is 0 Å². The Balaban J connectivity index is 0.00000162. The van der Waals surface area contributed by atoms with Crippen molar-refractivity contribution in [3.8, 4) is 5.69 Å². The van der Waals surface area contributed by atoms with Crippen LogP contribution in [-0.4, -0.2) is 21.9 Å². The lowest BCUT2D eigenvalue weighted by atomic mass is 10.1. The number of nitrogens with zero attached hydrogens (tertiary/aromatic N) is 2. The molecule has 0 aliphatic rings. The van der Waals surface area contributed by atoms with Gasteiger partial charge in [-0.1, -0.05) is 6.92 Å². The van der Waals surface area contributed by atoms with E-state index in [2.05, 4.69) is 11.9 Å². The summed E-state index contributed by atoms with van der Waals surface area (Å²) in [5.41, 5.74) is 6.97. The first kappa shape index (κ1) is 17.6. The Morgan fingerprint density at radius 3 is 2.42 bits per heavy atom. The van der Waals surface area contributed by atoms with E-state index in [-0.39, 0.29) is 37.1 Å². The molecule has 1 aromatic carbocycles. The lowest BCUT2D eigenvalue weighted by molar-refractivity contribution is 0.100. The van der Waals surface area contributed by atoms with Crippen molar-refractivity contribution in [2.75, 3.05) is 6.54 Å². The van der Waals surface area contributed by atoms with Gasteiger partial charge in [-0.2, -0.15) is 0 Å². The Bertz CT molecular complexity index is 523. The Labute approximate surface area is 124 Å². The fourth-order valence-corrected chi connectivity index (χ4v) is 1.76. The SMILES string of the molecule is CCc1nccn1-c1ccc(C(=O)CN)cc1.Cl.Cl. The molecule has 19 heavy (non-hydrogen) atoms. The summed E-state index contributed by atoms with van der Waals surface area (Å²) in [4.78, 5) is 15.7. The third-order valence-corrected chi connectivity index (χ3v) is 2.69. The normalized spacial score (nSPS) is 9.37. The molecule has 0 spiro atoms. The van der Waals surface area contributed by atoms with Gasteiger partial charge in [0, 0.05) is 30.1 Å². The Morgan fingerprint density at radius 1 is 1.26 bits per heavy atom. The first-order valence-electron chi connectivity index (χ1n) is 5.62. The van der Waals surface area contributed by atoms with E-state index in [1.165, 1.54) is 0 Å². The summed E-state index contributed by atoms with van der Waals surface area (Å²) < 4.78 is 2.01. The number of carbonyl (C=O) groups is 1. The van der Waals surface area contributed by atoms with Crippen molar-refractivity contribution in [2.24, 2.45) is 5.73 Å². The van der Waals surface area contributed by atoms with Crippen molar-refractivity contribution in [3.05, 3.63) is 48.0 Å². The van der Waals surface area contributed by atoms with Crippen LogP contribution in [0, 0.1) is 0 Å². The summed E-state index contributed by atoms with van der Waals surface area (Å²) in [7, 11) is 0. The molecular weight excluding hydrogens is 285 g/mol. The third-order valence-electron chi connectivity index (χ3n) is 2.69. The maximum Gasteiger partial charge on any atom is 0.176 e. The van der Waals surface area contributed by atoms with Crippen molar-refractivity contribution in [1.29, 1.82) is 0 Å². The van der Waals surface area contributed by atoms with Crippen molar-refractivity contribution in [1.82, 2.24) is 9.55 Å². The number of halogens is 2. The van der Waals surface area contributed by atoms with E-state index < -0.39 is 0 Å². The molecule has 2 rings (SSSR count). The van der Waals surface area contributed by atoms with Crippen LogP contribution in [0.3, 0.4) is 0 Å². The molecule has 0 radical (unpaired) electrons. The molecule has 4 nitrogen and oxygen atoms in total. The van der Waals surface area contributed by atoms with E-state index in [1.54, 1.807) is 18.3 Å². The van der Waals surface area contributed by atoms with E-state index in [1.807, 2.05) is 22.9 Å². The van der Waals surface area contributed by atoms with E-state index >= 15 is 0 Å². The zero-order valence-electron chi connectivity index (χ0n) is 10.6. The highest BCUT2D eigenvalue weighted by Crippen LogP contribution is 2.12. The van der Waals surface area contributed by atoms with E-state index in [9.17, 15) is 4.79 Å². The number of hydrogen-bond donors (Lipinski definition) is 1. The first-order chi connectivity index (χ1) is 8.26. The Hall–Kier alpha value is -1.36. The maximum absolute atomic E-state index is 11.4. The summed E-state index contributed by atoms with van der Waals surface area (Å²) in [6.07, 6.45) is 4.56. The summed E-state index contributed by atoms with van der Waals surface area (Å²) in [6.45, 7) is 2.11. The van der Waals surface area contributed by atoms with Gasteiger partial charge in [0.2, 0.25) is 0 Å². The van der Waals surface area contributed by atoms with Gasteiger partial charge in [-0.25, -0.2) is 4.98 Å². The number of aryl methyl sites for hydroxylation is 1. The van der Waals surface area contributed by atoms with Crippen LogP contribution in [-0.2, 0) is 6.42 Å². The molecule has 0 bridgehead atoms. The predicted molar refractivity (Wildman–Crippen MR) is 80.8 cm³/mol. The molecular formula is C13H17Cl2N3O. The fourth-order valence-electron chi connectivity index (χ4n) is 1.76. The number of rotatable bonds is 4. The number of Topliss-reactive ketones (excluding diaryl/α,β-unsaturated/α-hetero) is 1. The summed E-state index contributed by atoms with van der Waals surface area (Å²) in [5, 5.41) is 0. The van der Waals surface area contributed by atoms with Crippen molar-refractivity contribution >= 4 is 30.6 Å². The molecule has 6 heteroatoms. The molecule has 0 fully saturated rings. The van der Waals surface area contributed by atoms with Crippen LogP contribution in [0.5, 0.6) is 0 Å². The molecule has 0 atom stereocenters. The van der Waals surface area contributed by atoms with Gasteiger partial charge in [-0.3, -0.25) is 4.79 Å². The van der Waals surface area contributed by atoms with Crippen LogP contribution in [0.1, 0.15) is 23.1 Å². The zero-order chi connectivity index (χ0) is 12.3. The third kappa shape index (κ3) is 3.80. The van der Waals surface area contributed by atoms with Gasteiger partial charge in [-0.15, -0.1) is 24.8 Å². The van der Waals surface area contributed by atoms with Crippen LogP contribution in [0.15, 0.2) is 36.7 Å². The number of nitrogens with two attached hydrogens (primary N) is 1. The largest absolute Gasteiger partial charge is 0.324 e. The monoisotopic (exact) mass is 301 g/mol. The Kier molecular flexibility index (Phi) is 7.37. The van der Waals surface area contributed by atoms with Crippen LogP contribution >= 0.6 is 24.8 Å². The molecule has 104 valence electrons. The van der Waals surface area contributed by atoms with Crippen LogP contribution in [0.2, 0.25) is 0 Å². The zero-order valence-corrected chi connectivity index (χ0v) is 12.2. The highest BCUT2D eigenvalue weighted by molar-refractivity contribution is 5.97. The van der Waals surface area contributed by atoms with Gasteiger partial charge in [-0.05, 0) is 24.3 Å². The van der Waals surface area contributed by atoms with E-state index in [0.29, 0.717) is 5.56 Å². The number of benzene rings is 1. The second kappa shape index (κ2) is 7.94. The number of hydrogen-bond acceptors (Lipinski definition) is 3. The standard InChI is InChI=1S/C13H15N3O.2ClH/c1-2-13-15-7-8-16(13)11-5-3-10(4-6-11)12(17)9-14;;/h3-8H,2,9,14H2,1H3;2*1H. The molecule has 1 aromatic heterocycles. The lowest BCUT2D eigenvalue weighted by Gasteiger charge is -2.07. The van der Waals surface area contributed by atoms with E-state index in [0.717, 1.165) is 17.9 Å². The van der Waals surface area contributed by atoms with Gasteiger partial charge < -0.3 is 10.3 Å². The minimum Gasteiger partial charge on any atom is -0.324 e. The quantitative estimate of drug-likeness (QED) is 0.882. The summed E-state index contributed by atoms with van der Waals surface area (Å²) in [6, 6.07) is 7.40. The molecule has 0 aliphatic heterocycles. The lowest BCUT2D eigenvalue weighted by Crippen LogP contribution is -2.13. The molecule has 2 N–H and O–H groups in total. The van der Waals surface area contributed by atoms with E-state index in [4.69, 9.17) is 5.73 Å². The van der Waals surface area contributed by atoms with Crippen LogP contribution in [0.25, 0.3) is 5.69 Å². The highest BCUT2D eigenvalue weighted by atomic mass is 35.5. The molecule has 0 saturated carbocycles. The van der Waals surface area contributed by atoms with Crippen LogP contribution < -0.4 is 5.73 Å². The van der Waals surface area contributed by atoms with Gasteiger partial charge in [0.05, 0.1) is 6.54 Å². The number of imidazole rings is 1. The van der Waals surface area contributed by atoms with Crippen molar-refractivity contribution in [3.63, 3.8) is 0 Å². The number of ketones is 1. The fraction of sp³-hybridized carbons (Fsp3) is 0.231. The summed E-state index contributed by atoms with van der Waals surface area (Å²) >= 11 is 0. The average molecular weight is 302 g/mol. The molecule has 0 amide bonds. The average Bonchev–Trinajstić information content (AvgIpc) is 2.86. The van der Waals surface area contributed by atoms with Crippen LogP contribution in [0.4, 0.5) is 0 Å². The summed E-state index contributed by atoms with van der Waals surface area (Å²) in [5.74, 6) is 0.959. The Morgan fingerprint density at radius 2 is 1.89 bits per heavy atom. The molecule has 2 aromatic rings. The molecule has 1 heterocycles. The number of aromatic nitrogens is 2. The predicted octanol–water partition coefficient (Wildman–Crippen LogP) is 2.42. The highest BCUT2D eigenvalue weighted by Gasteiger charge is 2.05. The smallest absolute Gasteiger partial charge is 0.176 e. The maximum atomic E-state index is 11.4. The number of carbonyl (C=O) groups excluding carboxylic acids is 1. The van der Waals surface area contributed by atoms with Crippen molar-refractivity contribution in [2.45, 2.75) is 13.3 Å². The molecule has 0 unspecified atom stereocenters. The van der Waals surface area contributed by atoms with Gasteiger partial charge >= 0.3 is 0 Å². The molecule has 0 saturated heterocycles. The molecule has 0 aliphatic carbocycles. The minimum absolute atomic E-state index is 0. The minimum atomic E-state index is -0.0436. The van der Waals surface area contributed by atoms with Crippen molar-refractivity contribution < 1.29 is 4.79 Å². The van der Waals surface area contributed by atoms with Gasteiger partial charge in [0.15, 0.2) is 5.78 Å².